The first kappa shape index (κ1) is 17.0. The number of hydrogen-bond donors (Lipinski definition) is 2. The van der Waals surface area contributed by atoms with E-state index in [-0.39, 0.29) is 21.8 Å². The number of hydrogen-bond acceptors (Lipinski definition) is 6. The average molecular weight is 386 g/mol. The van der Waals surface area contributed by atoms with Crippen molar-refractivity contribution in [2.45, 2.75) is 11.3 Å². The van der Waals surface area contributed by atoms with Gasteiger partial charge in [-0.25, -0.2) is 17.4 Å². The fraction of sp³-hybridized carbons (Fsp3) is 0.118. The van der Waals surface area contributed by atoms with Gasteiger partial charge in [0.2, 0.25) is 0 Å². The Balaban J connectivity index is 1.59. The molecule has 0 fully saturated rings. The molecule has 1 aromatic carbocycles. The van der Waals surface area contributed by atoms with Gasteiger partial charge in [0.1, 0.15) is 16.3 Å². The maximum absolute atomic E-state index is 12.8. The molecule has 1 aliphatic rings. The van der Waals surface area contributed by atoms with Gasteiger partial charge in [0, 0.05) is 24.7 Å². The lowest BCUT2D eigenvalue weighted by Gasteiger charge is -2.10. The SMILES string of the molecule is O=C(NCCc1cnco1)c1ccc2c(c1)NC(=O)c1cccn1S2(=O)=O. The van der Waals surface area contributed by atoms with Crippen molar-refractivity contribution >= 4 is 27.5 Å². The summed E-state index contributed by atoms with van der Waals surface area (Å²) in [5.41, 5.74) is 0.296. The molecule has 0 unspecified atom stereocenters. The number of benzene rings is 1. The number of nitrogens with zero attached hydrogens (tertiary/aromatic N) is 2. The Morgan fingerprint density at radius 3 is 2.93 bits per heavy atom. The maximum atomic E-state index is 12.8. The zero-order valence-corrected chi connectivity index (χ0v) is 14.7. The van der Waals surface area contributed by atoms with Crippen molar-refractivity contribution in [3.63, 3.8) is 0 Å². The summed E-state index contributed by atoms with van der Waals surface area (Å²) in [5.74, 6) is -0.324. The van der Waals surface area contributed by atoms with Crippen LogP contribution in [0.4, 0.5) is 5.69 Å². The van der Waals surface area contributed by atoms with Crippen LogP contribution in [0.2, 0.25) is 0 Å². The van der Waals surface area contributed by atoms with Crippen LogP contribution >= 0.6 is 0 Å². The third-order valence-electron chi connectivity index (χ3n) is 4.11. The minimum Gasteiger partial charge on any atom is -0.448 e. The van der Waals surface area contributed by atoms with Gasteiger partial charge in [0.25, 0.3) is 21.8 Å². The highest BCUT2D eigenvalue weighted by Gasteiger charge is 2.30. The number of carbonyl (C=O) groups excluding carboxylic acids is 2. The third kappa shape index (κ3) is 2.99. The van der Waals surface area contributed by atoms with E-state index >= 15 is 0 Å². The Morgan fingerprint density at radius 2 is 2.15 bits per heavy atom. The molecule has 138 valence electrons. The van der Waals surface area contributed by atoms with E-state index in [0.717, 1.165) is 3.97 Å². The Labute approximate surface area is 154 Å². The number of anilines is 1. The monoisotopic (exact) mass is 386 g/mol. The quantitative estimate of drug-likeness (QED) is 0.696. The number of rotatable bonds is 4. The predicted molar refractivity (Wildman–Crippen MR) is 94.0 cm³/mol. The molecule has 1 aliphatic heterocycles. The van der Waals surface area contributed by atoms with Gasteiger partial charge < -0.3 is 15.1 Å². The molecule has 0 aliphatic carbocycles. The standard InChI is InChI=1S/C17H14N4O5S/c22-16(19-6-5-12-9-18-10-26-12)11-3-4-15-13(8-11)20-17(23)14-2-1-7-21(14)27(15,24)25/h1-4,7-10H,5-6H2,(H,19,22)(H,20,23). The Kier molecular flexibility index (Phi) is 4.04. The highest BCUT2D eigenvalue weighted by Crippen LogP contribution is 2.29. The molecule has 0 atom stereocenters. The van der Waals surface area contributed by atoms with Crippen LogP contribution in [-0.4, -0.2) is 35.7 Å². The molecule has 0 spiro atoms. The summed E-state index contributed by atoms with van der Waals surface area (Å²) in [7, 11) is -3.93. The van der Waals surface area contributed by atoms with Gasteiger partial charge in [-0.1, -0.05) is 0 Å². The van der Waals surface area contributed by atoms with E-state index in [4.69, 9.17) is 4.42 Å². The van der Waals surface area contributed by atoms with Crippen LogP contribution in [0.25, 0.3) is 0 Å². The summed E-state index contributed by atoms with van der Waals surface area (Å²) < 4.78 is 31.5. The number of aromatic nitrogens is 2. The molecule has 0 saturated heterocycles. The van der Waals surface area contributed by atoms with Crippen molar-refractivity contribution in [3.05, 3.63) is 66.1 Å². The maximum Gasteiger partial charge on any atom is 0.273 e. The predicted octanol–water partition coefficient (Wildman–Crippen LogP) is 1.25. The molecule has 9 nitrogen and oxygen atoms in total. The van der Waals surface area contributed by atoms with Crippen molar-refractivity contribution < 1.29 is 22.4 Å². The summed E-state index contributed by atoms with van der Waals surface area (Å²) in [6.07, 6.45) is 4.65. The molecule has 10 heteroatoms. The van der Waals surface area contributed by atoms with Gasteiger partial charge in [-0.05, 0) is 30.3 Å². The smallest absolute Gasteiger partial charge is 0.273 e. The van der Waals surface area contributed by atoms with E-state index in [1.807, 2.05) is 0 Å². The third-order valence-corrected chi connectivity index (χ3v) is 5.86. The number of oxazole rings is 1. The summed E-state index contributed by atoms with van der Waals surface area (Å²) in [6, 6.07) is 6.96. The molecule has 2 aromatic heterocycles. The summed E-state index contributed by atoms with van der Waals surface area (Å²) in [6.45, 7) is 0.321. The number of fused-ring (bicyclic) bond motifs is 2. The van der Waals surface area contributed by atoms with E-state index in [0.29, 0.717) is 18.7 Å². The Bertz CT molecular complexity index is 1130. The van der Waals surface area contributed by atoms with Crippen molar-refractivity contribution in [2.75, 3.05) is 11.9 Å². The first-order valence-electron chi connectivity index (χ1n) is 8.01. The molecule has 3 heterocycles. The molecule has 4 rings (SSSR count). The molecule has 3 aromatic rings. The van der Waals surface area contributed by atoms with E-state index < -0.39 is 21.8 Å². The highest BCUT2D eigenvalue weighted by molar-refractivity contribution is 7.90. The second-order valence-corrected chi connectivity index (χ2v) is 7.62. The fourth-order valence-corrected chi connectivity index (χ4v) is 4.28. The van der Waals surface area contributed by atoms with Crippen LogP contribution < -0.4 is 10.6 Å². The lowest BCUT2D eigenvalue weighted by Crippen LogP contribution is -2.25. The van der Waals surface area contributed by atoms with Gasteiger partial charge >= 0.3 is 0 Å². The summed E-state index contributed by atoms with van der Waals surface area (Å²) in [4.78, 5) is 28.3. The van der Waals surface area contributed by atoms with Crippen LogP contribution in [0.3, 0.4) is 0 Å². The topological polar surface area (TPSA) is 123 Å². The van der Waals surface area contributed by atoms with Gasteiger partial charge in [-0.2, -0.15) is 0 Å². The molecule has 0 bridgehead atoms. The van der Waals surface area contributed by atoms with Crippen LogP contribution in [0.15, 0.2) is 58.4 Å². The number of amides is 2. The van der Waals surface area contributed by atoms with Crippen LogP contribution in [-0.2, 0) is 16.4 Å². The second-order valence-electron chi connectivity index (χ2n) is 5.83. The first-order valence-corrected chi connectivity index (χ1v) is 9.45. The van der Waals surface area contributed by atoms with Gasteiger partial charge in [-0.3, -0.25) is 9.59 Å². The van der Waals surface area contributed by atoms with E-state index in [1.165, 1.54) is 42.9 Å². The summed E-state index contributed by atoms with van der Waals surface area (Å²) in [5, 5.41) is 5.26. The van der Waals surface area contributed by atoms with Gasteiger partial charge in [0.05, 0.1) is 11.9 Å². The Morgan fingerprint density at radius 1 is 1.30 bits per heavy atom. The first-order chi connectivity index (χ1) is 13.0. The van der Waals surface area contributed by atoms with E-state index in [1.54, 1.807) is 6.20 Å². The molecule has 0 saturated carbocycles. The molecule has 2 amide bonds. The zero-order valence-electron chi connectivity index (χ0n) is 13.9. The zero-order chi connectivity index (χ0) is 19.0. The molecular weight excluding hydrogens is 372 g/mol. The summed E-state index contributed by atoms with van der Waals surface area (Å²) >= 11 is 0. The minimum absolute atomic E-state index is 0.00394. The van der Waals surface area contributed by atoms with Gasteiger partial charge in [0.15, 0.2) is 6.39 Å². The molecule has 27 heavy (non-hydrogen) atoms. The largest absolute Gasteiger partial charge is 0.448 e. The molecular formula is C17H14N4O5S. The fourth-order valence-electron chi connectivity index (χ4n) is 2.80. The normalized spacial score (nSPS) is 14.6. The van der Waals surface area contributed by atoms with E-state index in [9.17, 15) is 18.0 Å². The van der Waals surface area contributed by atoms with E-state index in [2.05, 4.69) is 15.6 Å². The van der Waals surface area contributed by atoms with Gasteiger partial charge in [-0.15, -0.1) is 0 Å². The highest BCUT2D eigenvalue weighted by atomic mass is 32.2. The van der Waals surface area contributed by atoms with Crippen LogP contribution in [0, 0.1) is 0 Å². The van der Waals surface area contributed by atoms with Crippen LogP contribution in [0.1, 0.15) is 26.6 Å². The number of carbonyl (C=O) groups is 2. The number of nitrogens with one attached hydrogen (secondary N) is 2. The van der Waals surface area contributed by atoms with Crippen molar-refractivity contribution in [1.29, 1.82) is 0 Å². The molecule has 2 N–H and O–H groups in total. The van der Waals surface area contributed by atoms with Crippen LogP contribution in [0.5, 0.6) is 0 Å². The van der Waals surface area contributed by atoms with Crippen molar-refractivity contribution in [2.24, 2.45) is 0 Å². The van der Waals surface area contributed by atoms with Crippen molar-refractivity contribution in [3.8, 4) is 0 Å². The Hall–Kier alpha value is -3.40. The second kappa shape index (κ2) is 6.40. The lowest BCUT2D eigenvalue weighted by molar-refractivity contribution is 0.0952. The van der Waals surface area contributed by atoms with Crippen molar-refractivity contribution in [1.82, 2.24) is 14.3 Å². The lowest BCUT2D eigenvalue weighted by atomic mass is 10.1. The minimum atomic E-state index is -3.93. The average Bonchev–Trinajstić information content (AvgIpc) is 3.32. The molecule has 0 radical (unpaired) electrons.